The normalized spacial score (nSPS) is 14.8. The highest BCUT2D eigenvalue weighted by molar-refractivity contribution is 6.10. The Bertz CT molecular complexity index is 2580. The van der Waals surface area contributed by atoms with E-state index in [0.717, 1.165) is 16.9 Å². The van der Waals surface area contributed by atoms with E-state index in [0.29, 0.717) is 0 Å². The van der Waals surface area contributed by atoms with Crippen LogP contribution in [-0.4, -0.2) is 4.57 Å². The zero-order chi connectivity index (χ0) is 33.3. The van der Waals surface area contributed by atoms with Gasteiger partial charge >= 0.3 is 0 Å². The van der Waals surface area contributed by atoms with Crippen molar-refractivity contribution in [2.75, 3.05) is 5.32 Å². The van der Waals surface area contributed by atoms with Crippen LogP contribution in [0, 0.1) is 0 Å². The lowest BCUT2D eigenvalue weighted by atomic mass is 9.92. The second kappa shape index (κ2) is 12.8. The Morgan fingerprint density at radius 3 is 1.90 bits per heavy atom. The summed E-state index contributed by atoms with van der Waals surface area (Å²) in [4.78, 5) is 0. The number of fused-ring (bicyclic) bond motifs is 6. The van der Waals surface area contributed by atoms with Gasteiger partial charge in [-0.05, 0) is 93.1 Å². The van der Waals surface area contributed by atoms with Gasteiger partial charge in [0.15, 0.2) is 0 Å². The van der Waals surface area contributed by atoms with E-state index in [1.54, 1.807) is 0 Å². The summed E-state index contributed by atoms with van der Waals surface area (Å²) in [6, 6.07) is 61.1. The third kappa shape index (κ3) is 5.43. The molecular weight excluding hydrogens is 605 g/mol. The fraction of sp³-hybridized carbons (Fsp3) is 0. The van der Waals surface area contributed by atoms with Crippen LogP contribution in [-0.2, 0) is 0 Å². The summed E-state index contributed by atoms with van der Waals surface area (Å²) in [7, 11) is 0. The number of anilines is 1. The van der Waals surface area contributed by atoms with Crippen LogP contribution >= 0.6 is 0 Å². The summed E-state index contributed by atoms with van der Waals surface area (Å²) in [5.74, 6) is 0. The van der Waals surface area contributed by atoms with Crippen LogP contribution in [0.3, 0.4) is 0 Å². The van der Waals surface area contributed by atoms with Crippen molar-refractivity contribution >= 4 is 39.1 Å². The number of hydrogen-bond acceptors (Lipinski definition) is 1. The number of aromatic nitrogens is 1. The third-order valence-corrected chi connectivity index (χ3v) is 9.67. The standard InChI is InChI=1S/C48H34N2/c1-3-12-34(13-4-1)36-16-11-31-49-46-19-9-7-17-42(46)44-32-39(24-23-38(44)22-21-36)40-27-30-48-45(33-40)43-18-8-10-20-47(43)50(48)41-28-25-37(26-29-41)35-14-5-2-6-15-35/h1-33,49H/b22-21-,31-11-,36-16+. The van der Waals surface area contributed by atoms with E-state index in [1.807, 2.05) is 6.20 Å². The second-order valence-corrected chi connectivity index (χ2v) is 12.7. The van der Waals surface area contributed by atoms with Crippen molar-refractivity contribution in [1.82, 2.24) is 4.57 Å². The SMILES string of the molecule is C1=C/Nc2ccccc2-c2cc(-c3ccc4c(c3)c3ccccc3n4-c3ccc(-c4ccccc4)cc3)ccc2\C=C/C(c2ccccc2)=C\1. The molecule has 0 fully saturated rings. The van der Waals surface area contributed by atoms with Gasteiger partial charge in [-0.1, -0.05) is 146 Å². The smallest absolute Gasteiger partial charge is 0.0541 e. The molecule has 1 N–H and O–H groups in total. The van der Waals surface area contributed by atoms with Crippen molar-refractivity contribution in [3.05, 3.63) is 205 Å². The largest absolute Gasteiger partial charge is 0.361 e. The maximum Gasteiger partial charge on any atom is 0.0541 e. The molecule has 0 unspecified atom stereocenters. The van der Waals surface area contributed by atoms with E-state index < -0.39 is 0 Å². The maximum absolute atomic E-state index is 3.55. The van der Waals surface area contributed by atoms with Gasteiger partial charge < -0.3 is 9.88 Å². The van der Waals surface area contributed by atoms with Crippen LogP contribution in [0.15, 0.2) is 194 Å². The summed E-state index contributed by atoms with van der Waals surface area (Å²) in [6.07, 6.45) is 10.7. The Hall–Kier alpha value is -6.64. The predicted octanol–water partition coefficient (Wildman–Crippen LogP) is 12.8. The monoisotopic (exact) mass is 638 g/mol. The zero-order valence-corrected chi connectivity index (χ0v) is 27.5. The molecule has 50 heavy (non-hydrogen) atoms. The van der Waals surface area contributed by atoms with Crippen LogP contribution < -0.4 is 5.32 Å². The fourth-order valence-electron chi connectivity index (χ4n) is 7.17. The first-order valence-electron chi connectivity index (χ1n) is 17.1. The highest BCUT2D eigenvalue weighted by Crippen LogP contribution is 2.39. The van der Waals surface area contributed by atoms with Gasteiger partial charge in [-0.3, -0.25) is 0 Å². The summed E-state index contributed by atoms with van der Waals surface area (Å²) in [5, 5.41) is 6.04. The summed E-state index contributed by atoms with van der Waals surface area (Å²) >= 11 is 0. The van der Waals surface area contributed by atoms with Crippen LogP contribution in [0.4, 0.5) is 5.69 Å². The van der Waals surface area contributed by atoms with Crippen LogP contribution in [0.5, 0.6) is 0 Å². The number of nitrogens with one attached hydrogen (secondary N) is 1. The fourth-order valence-corrected chi connectivity index (χ4v) is 7.17. The predicted molar refractivity (Wildman–Crippen MR) is 213 cm³/mol. The molecular formula is C48H34N2. The minimum absolute atomic E-state index is 1.07. The van der Waals surface area contributed by atoms with Crippen molar-refractivity contribution in [3.8, 4) is 39.1 Å². The molecule has 0 saturated carbocycles. The quantitative estimate of drug-likeness (QED) is 0.203. The molecule has 1 aliphatic rings. The van der Waals surface area contributed by atoms with E-state index in [-0.39, 0.29) is 0 Å². The molecule has 1 aromatic heterocycles. The molecule has 2 nitrogen and oxygen atoms in total. The Morgan fingerprint density at radius 1 is 0.420 bits per heavy atom. The number of nitrogens with zero attached hydrogens (tertiary/aromatic N) is 1. The van der Waals surface area contributed by atoms with Crippen LogP contribution in [0.2, 0.25) is 0 Å². The van der Waals surface area contributed by atoms with Gasteiger partial charge in [0, 0.05) is 33.9 Å². The summed E-state index contributed by atoms with van der Waals surface area (Å²) in [5.41, 5.74) is 15.3. The molecule has 0 amide bonds. The van der Waals surface area contributed by atoms with Gasteiger partial charge in [0.25, 0.3) is 0 Å². The lowest BCUT2D eigenvalue weighted by Crippen LogP contribution is -1.94. The van der Waals surface area contributed by atoms with E-state index in [4.69, 9.17) is 0 Å². The average molecular weight is 639 g/mol. The molecule has 0 radical (unpaired) electrons. The van der Waals surface area contributed by atoms with Gasteiger partial charge in [-0.2, -0.15) is 0 Å². The molecule has 2 heteroatoms. The molecule has 8 aromatic rings. The first-order chi connectivity index (χ1) is 24.8. The third-order valence-electron chi connectivity index (χ3n) is 9.67. The number of hydrogen-bond donors (Lipinski definition) is 1. The molecule has 2 heterocycles. The number of benzene rings is 7. The van der Waals surface area contributed by atoms with E-state index in [2.05, 4.69) is 204 Å². The van der Waals surface area contributed by atoms with E-state index in [1.165, 1.54) is 66.3 Å². The van der Waals surface area contributed by atoms with Gasteiger partial charge in [-0.25, -0.2) is 0 Å². The van der Waals surface area contributed by atoms with Gasteiger partial charge in [0.1, 0.15) is 0 Å². The molecule has 0 bridgehead atoms. The van der Waals surface area contributed by atoms with Crippen molar-refractivity contribution in [3.63, 3.8) is 0 Å². The number of para-hydroxylation sites is 2. The van der Waals surface area contributed by atoms with E-state index >= 15 is 0 Å². The lowest BCUT2D eigenvalue weighted by molar-refractivity contribution is 1.18. The zero-order valence-electron chi connectivity index (χ0n) is 27.5. The van der Waals surface area contributed by atoms with E-state index in [9.17, 15) is 0 Å². The Morgan fingerprint density at radius 2 is 1.06 bits per heavy atom. The van der Waals surface area contributed by atoms with Gasteiger partial charge in [0.05, 0.1) is 11.0 Å². The minimum atomic E-state index is 1.07. The molecule has 9 rings (SSSR count). The first-order valence-corrected chi connectivity index (χ1v) is 17.1. The van der Waals surface area contributed by atoms with Crippen LogP contribution in [0.1, 0.15) is 11.1 Å². The average Bonchev–Trinajstić information content (AvgIpc) is 3.50. The number of allylic oxidation sites excluding steroid dienone is 4. The van der Waals surface area contributed by atoms with Crippen LogP contribution in [0.25, 0.3) is 72.5 Å². The number of rotatable bonds is 4. The molecule has 0 aliphatic carbocycles. The van der Waals surface area contributed by atoms with Gasteiger partial charge in [-0.15, -0.1) is 0 Å². The maximum atomic E-state index is 3.55. The summed E-state index contributed by atoms with van der Waals surface area (Å²) in [6.45, 7) is 0. The Labute approximate surface area is 292 Å². The molecule has 0 saturated heterocycles. The molecule has 0 spiro atoms. The first kappa shape index (κ1) is 29.5. The molecule has 236 valence electrons. The lowest BCUT2D eigenvalue weighted by Gasteiger charge is -2.14. The Balaban J connectivity index is 1.16. The molecule has 7 aromatic carbocycles. The van der Waals surface area contributed by atoms with Gasteiger partial charge in [0.2, 0.25) is 0 Å². The van der Waals surface area contributed by atoms with Crippen molar-refractivity contribution in [2.45, 2.75) is 0 Å². The molecule has 1 aliphatic heterocycles. The Kier molecular flexibility index (Phi) is 7.53. The topological polar surface area (TPSA) is 17.0 Å². The highest BCUT2D eigenvalue weighted by atomic mass is 15.0. The highest BCUT2D eigenvalue weighted by Gasteiger charge is 2.15. The van der Waals surface area contributed by atoms with Crippen molar-refractivity contribution in [2.24, 2.45) is 0 Å². The van der Waals surface area contributed by atoms with Crippen molar-refractivity contribution < 1.29 is 0 Å². The van der Waals surface area contributed by atoms with Crippen molar-refractivity contribution in [1.29, 1.82) is 0 Å². The molecule has 0 atom stereocenters. The minimum Gasteiger partial charge on any atom is -0.361 e. The second-order valence-electron chi connectivity index (χ2n) is 12.7. The summed E-state index contributed by atoms with van der Waals surface area (Å²) < 4.78 is 2.39.